The molecule has 1 aromatic carbocycles. The van der Waals surface area contributed by atoms with E-state index in [1.54, 1.807) is 0 Å². The van der Waals surface area contributed by atoms with Crippen molar-refractivity contribution in [3.63, 3.8) is 0 Å². The lowest BCUT2D eigenvalue weighted by molar-refractivity contribution is 0.459. The summed E-state index contributed by atoms with van der Waals surface area (Å²) in [5.74, 6) is 2.25. The van der Waals surface area contributed by atoms with Crippen molar-refractivity contribution < 1.29 is 0 Å². The molecule has 1 aliphatic heterocycles. The SMILES string of the molecule is CC(C)c1cc(N2Cc3ccccc3C(C)(C)C2)nc(NC2CCCCC2)n1. The van der Waals surface area contributed by atoms with Crippen molar-refractivity contribution >= 4 is 11.8 Å². The number of hydrogen-bond donors (Lipinski definition) is 1. The highest BCUT2D eigenvalue weighted by molar-refractivity contribution is 5.51. The molecule has 0 atom stereocenters. The van der Waals surface area contributed by atoms with Crippen LogP contribution < -0.4 is 10.2 Å². The van der Waals surface area contributed by atoms with Gasteiger partial charge in [0.1, 0.15) is 5.82 Å². The van der Waals surface area contributed by atoms with Gasteiger partial charge in [-0.3, -0.25) is 0 Å². The van der Waals surface area contributed by atoms with Gasteiger partial charge in [-0.1, -0.05) is 71.2 Å². The predicted octanol–water partition coefficient (Wildman–Crippen LogP) is 5.64. The summed E-state index contributed by atoms with van der Waals surface area (Å²) in [6.07, 6.45) is 6.44. The summed E-state index contributed by atoms with van der Waals surface area (Å²) in [4.78, 5) is 12.3. The monoisotopic (exact) mass is 378 g/mol. The number of benzene rings is 1. The van der Waals surface area contributed by atoms with E-state index in [-0.39, 0.29) is 5.41 Å². The maximum atomic E-state index is 4.98. The van der Waals surface area contributed by atoms with Crippen LogP contribution in [0.4, 0.5) is 11.8 Å². The molecule has 1 saturated carbocycles. The summed E-state index contributed by atoms with van der Waals surface area (Å²) in [5, 5.41) is 3.65. The molecule has 0 amide bonds. The normalized spacial score (nSPS) is 19.5. The Balaban J connectivity index is 1.65. The van der Waals surface area contributed by atoms with Crippen molar-refractivity contribution in [2.75, 3.05) is 16.8 Å². The van der Waals surface area contributed by atoms with Crippen molar-refractivity contribution in [1.29, 1.82) is 0 Å². The number of fused-ring (bicyclic) bond motifs is 1. The van der Waals surface area contributed by atoms with Crippen LogP contribution in [-0.2, 0) is 12.0 Å². The minimum absolute atomic E-state index is 0.106. The molecule has 4 nitrogen and oxygen atoms in total. The third kappa shape index (κ3) is 4.01. The van der Waals surface area contributed by atoms with E-state index in [0.29, 0.717) is 12.0 Å². The van der Waals surface area contributed by atoms with Gasteiger partial charge in [-0.25, -0.2) is 4.98 Å². The molecule has 2 aromatic rings. The Bertz CT molecular complexity index is 821. The molecule has 0 saturated heterocycles. The molecule has 1 N–H and O–H groups in total. The lowest BCUT2D eigenvalue weighted by atomic mass is 9.78. The molecule has 0 unspecified atom stereocenters. The van der Waals surface area contributed by atoms with Gasteiger partial charge in [0.2, 0.25) is 5.95 Å². The van der Waals surface area contributed by atoms with E-state index in [1.165, 1.54) is 43.2 Å². The van der Waals surface area contributed by atoms with E-state index in [2.05, 4.69) is 68.2 Å². The van der Waals surface area contributed by atoms with Crippen LogP contribution in [0.25, 0.3) is 0 Å². The maximum Gasteiger partial charge on any atom is 0.225 e. The van der Waals surface area contributed by atoms with Crippen LogP contribution in [0.2, 0.25) is 0 Å². The van der Waals surface area contributed by atoms with Crippen molar-refractivity contribution in [3.05, 3.63) is 47.2 Å². The Morgan fingerprint density at radius 1 is 1.07 bits per heavy atom. The second-order valence-electron chi connectivity index (χ2n) is 9.51. The van der Waals surface area contributed by atoms with Gasteiger partial charge in [0, 0.05) is 30.6 Å². The highest BCUT2D eigenvalue weighted by Crippen LogP contribution is 2.35. The first-order valence-corrected chi connectivity index (χ1v) is 10.9. The van der Waals surface area contributed by atoms with Gasteiger partial charge in [-0.2, -0.15) is 4.98 Å². The fraction of sp³-hybridized carbons (Fsp3) is 0.583. The Morgan fingerprint density at radius 2 is 1.82 bits per heavy atom. The molecule has 4 rings (SSSR count). The summed E-state index contributed by atoms with van der Waals surface area (Å²) in [7, 11) is 0. The van der Waals surface area contributed by atoms with Crippen LogP contribution in [0.1, 0.15) is 82.5 Å². The Morgan fingerprint density at radius 3 is 2.57 bits per heavy atom. The van der Waals surface area contributed by atoms with Crippen LogP contribution in [0.5, 0.6) is 0 Å². The molecule has 0 radical (unpaired) electrons. The van der Waals surface area contributed by atoms with Gasteiger partial charge in [0.15, 0.2) is 0 Å². The van der Waals surface area contributed by atoms with Gasteiger partial charge in [0.05, 0.1) is 5.69 Å². The number of nitrogens with one attached hydrogen (secondary N) is 1. The first-order chi connectivity index (χ1) is 13.4. The van der Waals surface area contributed by atoms with Gasteiger partial charge in [-0.05, 0) is 29.9 Å². The zero-order valence-electron chi connectivity index (χ0n) is 17.8. The summed E-state index contributed by atoms with van der Waals surface area (Å²) < 4.78 is 0. The zero-order valence-corrected chi connectivity index (χ0v) is 17.8. The second kappa shape index (κ2) is 7.73. The molecule has 4 heteroatoms. The smallest absolute Gasteiger partial charge is 0.225 e. The zero-order chi connectivity index (χ0) is 19.7. The molecule has 0 spiro atoms. The van der Waals surface area contributed by atoms with E-state index in [1.807, 2.05) is 0 Å². The molecule has 1 fully saturated rings. The molecule has 1 aliphatic carbocycles. The molecular formula is C24H34N4. The molecule has 2 heterocycles. The van der Waals surface area contributed by atoms with Crippen LogP contribution in [0.3, 0.4) is 0 Å². The Labute approximate surface area is 169 Å². The average Bonchev–Trinajstić information content (AvgIpc) is 2.68. The van der Waals surface area contributed by atoms with E-state index < -0.39 is 0 Å². The standard InChI is InChI=1S/C24H34N4/c1-17(2)21-14-22(27-23(26-21)25-19-11-6-5-7-12-19)28-15-18-10-8-9-13-20(18)24(3,4)16-28/h8-10,13-14,17,19H,5-7,11-12,15-16H2,1-4H3,(H,25,26,27). The van der Waals surface area contributed by atoms with Crippen molar-refractivity contribution in [3.8, 4) is 0 Å². The van der Waals surface area contributed by atoms with Gasteiger partial charge in [0.25, 0.3) is 0 Å². The highest BCUT2D eigenvalue weighted by atomic mass is 15.2. The molecular weight excluding hydrogens is 344 g/mol. The largest absolute Gasteiger partial charge is 0.351 e. The summed E-state index contributed by atoms with van der Waals surface area (Å²) >= 11 is 0. The summed E-state index contributed by atoms with van der Waals surface area (Å²) in [5.41, 5.74) is 4.10. The molecule has 150 valence electrons. The van der Waals surface area contributed by atoms with Crippen molar-refractivity contribution in [2.45, 2.75) is 83.7 Å². The fourth-order valence-corrected chi connectivity index (χ4v) is 4.71. The number of aromatic nitrogens is 2. The second-order valence-corrected chi connectivity index (χ2v) is 9.51. The average molecular weight is 379 g/mol. The lowest BCUT2D eigenvalue weighted by Crippen LogP contribution is -2.42. The topological polar surface area (TPSA) is 41.1 Å². The Kier molecular flexibility index (Phi) is 5.31. The molecule has 0 bridgehead atoms. The number of rotatable bonds is 4. The Hall–Kier alpha value is -2.10. The highest BCUT2D eigenvalue weighted by Gasteiger charge is 2.32. The van der Waals surface area contributed by atoms with Crippen LogP contribution in [0, 0.1) is 0 Å². The quantitative estimate of drug-likeness (QED) is 0.747. The summed E-state index contributed by atoms with van der Waals surface area (Å²) in [6, 6.07) is 11.6. The van der Waals surface area contributed by atoms with Crippen molar-refractivity contribution in [2.24, 2.45) is 0 Å². The fourth-order valence-electron chi connectivity index (χ4n) is 4.71. The maximum absolute atomic E-state index is 4.98. The molecule has 2 aliphatic rings. The third-order valence-electron chi connectivity index (χ3n) is 6.28. The first-order valence-electron chi connectivity index (χ1n) is 10.9. The van der Waals surface area contributed by atoms with E-state index >= 15 is 0 Å². The van der Waals surface area contributed by atoms with E-state index in [0.717, 1.165) is 30.5 Å². The van der Waals surface area contributed by atoms with Gasteiger partial charge in [-0.15, -0.1) is 0 Å². The number of anilines is 2. The van der Waals surface area contributed by atoms with Gasteiger partial charge >= 0.3 is 0 Å². The number of nitrogens with zero attached hydrogens (tertiary/aromatic N) is 3. The molecule has 28 heavy (non-hydrogen) atoms. The van der Waals surface area contributed by atoms with Gasteiger partial charge < -0.3 is 10.2 Å². The third-order valence-corrected chi connectivity index (χ3v) is 6.28. The van der Waals surface area contributed by atoms with E-state index in [9.17, 15) is 0 Å². The molecule has 1 aromatic heterocycles. The lowest BCUT2D eigenvalue weighted by Gasteiger charge is -2.40. The van der Waals surface area contributed by atoms with Crippen LogP contribution in [0.15, 0.2) is 30.3 Å². The van der Waals surface area contributed by atoms with E-state index in [4.69, 9.17) is 9.97 Å². The minimum Gasteiger partial charge on any atom is -0.351 e. The summed E-state index contributed by atoms with van der Waals surface area (Å²) in [6.45, 7) is 11.0. The predicted molar refractivity (Wildman–Crippen MR) is 117 cm³/mol. The first kappa shape index (κ1) is 19.2. The number of hydrogen-bond acceptors (Lipinski definition) is 4. The van der Waals surface area contributed by atoms with Crippen LogP contribution >= 0.6 is 0 Å². The minimum atomic E-state index is 0.106. The van der Waals surface area contributed by atoms with Crippen molar-refractivity contribution in [1.82, 2.24) is 9.97 Å². The van der Waals surface area contributed by atoms with Crippen LogP contribution in [-0.4, -0.2) is 22.6 Å².